The van der Waals surface area contributed by atoms with Crippen LogP contribution in [0.2, 0.25) is 0 Å². The highest BCUT2D eigenvalue weighted by atomic mass is 79.9. The van der Waals surface area contributed by atoms with E-state index in [1.165, 1.54) is 17.1 Å². The molecule has 2 aromatic rings. The van der Waals surface area contributed by atoms with Crippen molar-refractivity contribution >= 4 is 27.5 Å². The largest absolute Gasteiger partial charge is 0.309 e. The van der Waals surface area contributed by atoms with Crippen molar-refractivity contribution in [3.63, 3.8) is 0 Å². The molecule has 0 spiro atoms. The molecule has 1 aromatic heterocycles. The third-order valence-corrected chi connectivity index (χ3v) is 3.59. The van der Waals surface area contributed by atoms with Gasteiger partial charge in [0.2, 0.25) is 0 Å². The van der Waals surface area contributed by atoms with Gasteiger partial charge in [0, 0.05) is 9.85 Å². The third-order valence-electron chi connectivity index (χ3n) is 2.54. The monoisotopic (exact) mass is 311 g/mol. The van der Waals surface area contributed by atoms with Gasteiger partial charge in [-0.15, -0.1) is 5.10 Å². The van der Waals surface area contributed by atoms with Crippen LogP contribution in [0.15, 0.2) is 34.1 Å². The Kier molecular flexibility index (Phi) is 4.65. The molecule has 0 fully saturated rings. The number of benzene rings is 1. The molecule has 0 aliphatic heterocycles. The van der Waals surface area contributed by atoms with Gasteiger partial charge in [-0.05, 0) is 42.2 Å². The zero-order valence-electron chi connectivity index (χ0n) is 9.56. The lowest BCUT2D eigenvalue weighted by Crippen LogP contribution is -2.23. The van der Waals surface area contributed by atoms with Gasteiger partial charge < -0.3 is 5.32 Å². The number of rotatable bonds is 5. The quantitative estimate of drug-likeness (QED) is 0.921. The molecule has 17 heavy (non-hydrogen) atoms. The number of likely N-dealkylation sites (N-methyl/N-ethyl adjacent to an activating group) is 1. The van der Waals surface area contributed by atoms with Crippen molar-refractivity contribution in [3.05, 3.63) is 45.4 Å². The molecule has 0 saturated heterocycles. The van der Waals surface area contributed by atoms with Crippen LogP contribution in [-0.2, 0) is 6.42 Å². The maximum atomic E-state index is 4.15. The molecular weight excluding hydrogens is 298 g/mol. The van der Waals surface area contributed by atoms with E-state index in [-0.39, 0.29) is 6.04 Å². The Labute approximate surface area is 114 Å². The van der Waals surface area contributed by atoms with Crippen molar-refractivity contribution in [3.8, 4) is 0 Å². The highest BCUT2D eigenvalue weighted by Gasteiger charge is 2.13. The van der Waals surface area contributed by atoms with Crippen molar-refractivity contribution < 1.29 is 0 Å². The average molecular weight is 312 g/mol. The van der Waals surface area contributed by atoms with Gasteiger partial charge in [-0.1, -0.05) is 39.5 Å². The number of hydrogen-bond donors (Lipinski definition) is 1. The second-order valence-corrected chi connectivity index (χ2v) is 5.30. The van der Waals surface area contributed by atoms with Gasteiger partial charge in [0.05, 0.1) is 11.7 Å². The third kappa shape index (κ3) is 3.59. The molecule has 0 bridgehead atoms. The molecule has 3 nitrogen and oxygen atoms in total. The minimum Gasteiger partial charge on any atom is -0.309 e. The van der Waals surface area contributed by atoms with Crippen molar-refractivity contribution in [1.29, 1.82) is 0 Å². The van der Waals surface area contributed by atoms with Gasteiger partial charge in [0.1, 0.15) is 0 Å². The Morgan fingerprint density at radius 2 is 2.12 bits per heavy atom. The van der Waals surface area contributed by atoms with E-state index in [2.05, 4.69) is 62.0 Å². The van der Waals surface area contributed by atoms with Gasteiger partial charge in [0.15, 0.2) is 0 Å². The summed E-state index contributed by atoms with van der Waals surface area (Å²) in [5.74, 6) is 0. The predicted octanol–water partition coefficient (Wildman–Crippen LogP) is 3.19. The summed E-state index contributed by atoms with van der Waals surface area (Å²) >= 11 is 4.84. The van der Waals surface area contributed by atoms with Crippen molar-refractivity contribution in [2.45, 2.75) is 19.4 Å². The van der Waals surface area contributed by atoms with E-state index in [0.717, 1.165) is 23.1 Å². The summed E-state index contributed by atoms with van der Waals surface area (Å²) in [6.45, 7) is 3.03. The minimum absolute atomic E-state index is 0.250. The minimum atomic E-state index is 0.250. The van der Waals surface area contributed by atoms with Crippen LogP contribution in [0.4, 0.5) is 0 Å². The highest BCUT2D eigenvalue weighted by molar-refractivity contribution is 9.10. The second-order valence-electron chi connectivity index (χ2n) is 3.77. The Bertz CT molecular complexity index is 441. The first-order chi connectivity index (χ1) is 8.29. The molecule has 5 heteroatoms. The second kappa shape index (κ2) is 6.23. The number of nitrogens with zero attached hydrogens (tertiary/aromatic N) is 2. The maximum absolute atomic E-state index is 4.15. The molecule has 0 amide bonds. The molecule has 1 heterocycles. The highest BCUT2D eigenvalue weighted by Crippen LogP contribution is 2.19. The van der Waals surface area contributed by atoms with E-state index in [9.17, 15) is 0 Å². The summed E-state index contributed by atoms with van der Waals surface area (Å²) < 4.78 is 5.03. The molecule has 2 rings (SSSR count). The van der Waals surface area contributed by atoms with Crippen molar-refractivity contribution in [2.75, 3.05) is 6.54 Å². The first-order valence-electron chi connectivity index (χ1n) is 5.54. The molecular formula is C12H14BrN3S. The first kappa shape index (κ1) is 12.7. The van der Waals surface area contributed by atoms with Crippen LogP contribution < -0.4 is 5.32 Å². The zero-order chi connectivity index (χ0) is 12.1. The maximum Gasteiger partial charge on any atom is 0.0928 e. The van der Waals surface area contributed by atoms with E-state index in [1.54, 1.807) is 0 Å². The topological polar surface area (TPSA) is 37.8 Å². The number of hydrogen-bond acceptors (Lipinski definition) is 4. The fourth-order valence-electron chi connectivity index (χ4n) is 1.71. The summed E-state index contributed by atoms with van der Waals surface area (Å²) in [5, 5.41) is 9.59. The molecule has 0 saturated carbocycles. The van der Waals surface area contributed by atoms with Gasteiger partial charge in [-0.3, -0.25) is 0 Å². The van der Waals surface area contributed by atoms with Gasteiger partial charge in [0.25, 0.3) is 0 Å². The van der Waals surface area contributed by atoms with Crippen molar-refractivity contribution in [1.82, 2.24) is 14.9 Å². The predicted molar refractivity (Wildman–Crippen MR) is 74.2 cm³/mol. The fraction of sp³-hybridized carbons (Fsp3) is 0.333. The molecule has 1 atom stereocenters. The van der Waals surface area contributed by atoms with Crippen LogP contribution >= 0.6 is 27.5 Å². The lowest BCUT2D eigenvalue weighted by Gasteiger charge is -2.15. The number of halogens is 1. The standard InChI is InChI=1S/C12H14BrN3S/c1-2-14-11(12-8-17-16-15-12)7-9-3-5-10(13)6-4-9/h3-6,8,11,14H,2,7H2,1H3. The summed E-state index contributed by atoms with van der Waals surface area (Å²) in [7, 11) is 0. The lowest BCUT2D eigenvalue weighted by atomic mass is 10.0. The van der Waals surface area contributed by atoms with E-state index in [1.807, 2.05) is 5.38 Å². The Hall–Kier alpha value is -0.780. The SMILES string of the molecule is CCNC(Cc1ccc(Br)cc1)c1csnn1. The molecule has 1 unspecified atom stereocenters. The molecule has 1 N–H and O–H groups in total. The summed E-state index contributed by atoms with van der Waals surface area (Å²) in [5.41, 5.74) is 2.33. The average Bonchev–Trinajstić information content (AvgIpc) is 2.85. The Morgan fingerprint density at radius 1 is 1.35 bits per heavy atom. The van der Waals surface area contributed by atoms with Crippen LogP contribution in [0.1, 0.15) is 24.2 Å². The molecule has 90 valence electrons. The molecule has 1 aromatic carbocycles. The molecule has 0 aliphatic carbocycles. The van der Waals surface area contributed by atoms with Gasteiger partial charge >= 0.3 is 0 Å². The lowest BCUT2D eigenvalue weighted by molar-refractivity contribution is 0.535. The summed E-state index contributed by atoms with van der Waals surface area (Å²) in [4.78, 5) is 0. The summed E-state index contributed by atoms with van der Waals surface area (Å²) in [6, 6.07) is 8.65. The molecule has 0 aliphatic rings. The van der Waals surface area contributed by atoms with Gasteiger partial charge in [-0.2, -0.15) is 0 Å². The van der Waals surface area contributed by atoms with Crippen LogP contribution in [0.25, 0.3) is 0 Å². The smallest absolute Gasteiger partial charge is 0.0928 e. The van der Waals surface area contributed by atoms with Gasteiger partial charge in [-0.25, -0.2) is 0 Å². The Balaban J connectivity index is 2.10. The number of aromatic nitrogens is 2. The Morgan fingerprint density at radius 3 is 2.71 bits per heavy atom. The fourth-order valence-corrected chi connectivity index (χ4v) is 2.48. The summed E-state index contributed by atoms with van der Waals surface area (Å²) in [6.07, 6.45) is 0.937. The number of nitrogens with one attached hydrogen (secondary N) is 1. The van der Waals surface area contributed by atoms with E-state index >= 15 is 0 Å². The van der Waals surface area contributed by atoms with E-state index in [0.29, 0.717) is 0 Å². The molecule has 0 radical (unpaired) electrons. The van der Waals surface area contributed by atoms with Crippen LogP contribution in [-0.4, -0.2) is 16.1 Å². The normalized spacial score (nSPS) is 12.6. The van der Waals surface area contributed by atoms with Crippen LogP contribution in [0.3, 0.4) is 0 Å². The van der Waals surface area contributed by atoms with Crippen LogP contribution in [0.5, 0.6) is 0 Å². The van der Waals surface area contributed by atoms with Crippen LogP contribution in [0, 0.1) is 0 Å². The zero-order valence-corrected chi connectivity index (χ0v) is 12.0. The first-order valence-corrected chi connectivity index (χ1v) is 7.17. The van der Waals surface area contributed by atoms with E-state index < -0.39 is 0 Å². The van der Waals surface area contributed by atoms with Crippen molar-refractivity contribution in [2.24, 2.45) is 0 Å². The van der Waals surface area contributed by atoms with E-state index in [4.69, 9.17) is 0 Å².